The molecule has 5 fully saturated rings. The van der Waals surface area contributed by atoms with Gasteiger partial charge in [0.05, 0.1) is 0 Å². The monoisotopic (exact) mass is 482 g/mol. The zero-order valence-corrected chi connectivity index (χ0v) is 21.9. The number of carbonyl (C=O) groups is 3. The van der Waals surface area contributed by atoms with Gasteiger partial charge in [-0.2, -0.15) is 0 Å². The van der Waals surface area contributed by atoms with Gasteiger partial charge >= 0.3 is 11.9 Å². The van der Waals surface area contributed by atoms with E-state index in [1.807, 2.05) is 6.92 Å². The molecule has 0 amide bonds. The van der Waals surface area contributed by atoms with Crippen molar-refractivity contribution in [1.82, 2.24) is 0 Å². The van der Waals surface area contributed by atoms with E-state index in [0.29, 0.717) is 29.7 Å². The van der Waals surface area contributed by atoms with Crippen LogP contribution in [0.15, 0.2) is 23.8 Å². The molecule has 5 aliphatic rings. The number of esters is 1. The molecule has 9 atom stereocenters. The molecular weight excluding hydrogens is 440 g/mol. The highest BCUT2D eigenvalue weighted by Crippen LogP contribution is 2.88. The van der Waals surface area contributed by atoms with Crippen molar-refractivity contribution in [2.45, 2.75) is 98.0 Å². The second kappa shape index (κ2) is 8.05. The summed E-state index contributed by atoms with van der Waals surface area (Å²) in [6.07, 6.45) is 12.3. The van der Waals surface area contributed by atoms with Crippen LogP contribution in [0.5, 0.6) is 0 Å². The smallest absolute Gasteiger partial charge is 0.334 e. The number of aliphatic carboxylic acids is 1. The third-order valence-electron chi connectivity index (χ3n) is 12.2. The summed E-state index contributed by atoms with van der Waals surface area (Å²) in [6, 6.07) is 0. The summed E-state index contributed by atoms with van der Waals surface area (Å²) in [5.74, 6) is 0.652. The van der Waals surface area contributed by atoms with E-state index < -0.39 is 5.97 Å². The van der Waals surface area contributed by atoms with E-state index in [1.165, 1.54) is 19.3 Å². The minimum atomic E-state index is -0.753. The van der Waals surface area contributed by atoms with E-state index in [4.69, 9.17) is 4.74 Å². The Labute approximate surface area is 209 Å². The van der Waals surface area contributed by atoms with Gasteiger partial charge in [0.15, 0.2) is 0 Å². The maximum atomic E-state index is 12.6. The highest BCUT2D eigenvalue weighted by atomic mass is 16.6. The van der Waals surface area contributed by atoms with Crippen molar-refractivity contribution in [2.75, 3.05) is 0 Å². The van der Waals surface area contributed by atoms with Crippen molar-refractivity contribution in [3.63, 3.8) is 0 Å². The van der Waals surface area contributed by atoms with Crippen LogP contribution in [-0.2, 0) is 19.1 Å². The largest absolute Gasteiger partial charge is 0.481 e. The lowest BCUT2D eigenvalue weighted by molar-refractivity contribution is -0.158. The second-order valence-electron chi connectivity index (χ2n) is 13.2. The molecule has 1 saturated heterocycles. The first kappa shape index (κ1) is 24.8. The van der Waals surface area contributed by atoms with Crippen molar-refractivity contribution in [2.24, 2.45) is 45.3 Å². The number of carbonyl (C=O) groups excluding carboxylic acids is 2. The van der Waals surface area contributed by atoms with E-state index in [2.05, 4.69) is 33.4 Å². The molecule has 0 aromatic carbocycles. The maximum Gasteiger partial charge on any atom is 0.334 e. The molecule has 0 radical (unpaired) electrons. The zero-order valence-electron chi connectivity index (χ0n) is 21.9. The highest BCUT2D eigenvalue weighted by Gasteiger charge is 2.83. The minimum Gasteiger partial charge on any atom is -0.481 e. The normalized spacial score (nSPS) is 46.7. The summed E-state index contributed by atoms with van der Waals surface area (Å²) in [4.78, 5) is 35.2. The van der Waals surface area contributed by atoms with Gasteiger partial charge in [0, 0.05) is 17.9 Å². The SMILES string of the molecule is C=C1C(=O)O[C@@H]2C[C@@H]3[C@]4(CC[C@]5(C)[C@@H]([C@H](C)CC/C=C(\C)C=O)CC[C@@]35C)C[C@]4(CCC(=O)O)[C@H]12. The summed E-state index contributed by atoms with van der Waals surface area (Å²) >= 11 is 0. The fourth-order valence-electron chi connectivity index (χ4n) is 10.3. The van der Waals surface area contributed by atoms with E-state index >= 15 is 0 Å². The third kappa shape index (κ3) is 3.21. The van der Waals surface area contributed by atoms with Crippen molar-refractivity contribution < 1.29 is 24.2 Å². The summed E-state index contributed by atoms with van der Waals surface area (Å²) in [6.45, 7) is 13.4. The van der Waals surface area contributed by atoms with Crippen LogP contribution in [0.1, 0.15) is 91.9 Å². The molecule has 1 aliphatic heterocycles. The Morgan fingerprint density at radius 2 is 2.00 bits per heavy atom. The van der Waals surface area contributed by atoms with Gasteiger partial charge in [-0.05, 0) is 110 Å². The average molecular weight is 483 g/mol. The number of fused-ring (bicyclic) bond motifs is 4. The number of rotatable bonds is 8. The lowest BCUT2D eigenvalue weighted by Gasteiger charge is -2.61. The lowest BCUT2D eigenvalue weighted by Crippen LogP contribution is -2.56. The van der Waals surface area contributed by atoms with Crippen LogP contribution in [0.25, 0.3) is 0 Å². The maximum absolute atomic E-state index is 12.6. The van der Waals surface area contributed by atoms with Crippen LogP contribution < -0.4 is 0 Å². The average Bonchev–Trinajstić information content (AvgIpc) is 3.27. The predicted octanol–water partition coefficient (Wildman–Crippen LogP) is 6.12. The Balaban J connectivity index is 1.44. The molecule has 0 unspecified atom stereocenters. The summed E-state index contributed by atoms with van der Waals surface area (Å²) in [5, 5.41) is 9.54. The number of carboxylic acid groups (broad SMARTS) is 1. The quantitative estimate of drug-likeness (QED) is 0.256. The fourth-order valence-corrected chi connectivity index (χ4v) is 10.3. The van der Waals surface area contributed by atoms with Gasteiger partial charge < -0.3 is 9.84 Å². The molecule has 1 N–H and O–H groups in total. The number of hydrogen-bond acceptors (Lipinski definition) is 4. The standard InChI is InChI=1S/C30H42O5/c1-18(16-31)7-6-8-19(2)21-9-11-28(5)23-15-22-25(20(3)26(34)35-22)30(12-10-24(32)33)17-29(23,30)14-13-27(21,28)4/h7,16,19,21-23,25H,3,6,8-15,17H2,1-2,4-5H3,(H,32,33)/b18-7+/t19-,21-,22-,23+,25-,27-,28+,29+,30-/m1/s1. The van der Waals surface area contributed by atoms with E-state index in [9.17, 15) is 19.5 Å². The van der Waals surface area contributed by atoms with Gasteiger partial charge in [0.25, 0.3) is 0 Å². The number of ether oxygens (including phenoxy) is 1. The molecule has 35 heavy (non-hydrogen) atoms. The topological polar surface area (TPSA) is 80.7 Å². The Bertz CT molecular complexity index is 997. The summed E-state index contributed by atoms with van der Waals surface area (Å²) in [7, 11) is 0. The van der Waals surface area contributed by atoms with Crippen LogP contribution in [0, 0.1) is 45.3 Å². The Morgan fingerprint density at radius 3 is 2.69 bits per heavy atom. The second-order valence-corrected chi connectivity index (χ2v) is 13.2. The van der Waals surface area contributed by atoms with Crippen LogP contribution in [0.4, 0.5) is 0 Å². The first-order valence-electron chi connectivity index (χ1n) is 13.7. The van der Waals surface area contributed by atoms with Crippen molar-refractivity contribution in [3.05, 3.63) is 23.8 Å². The molecule has 1 spiro atoms. The highest BCUT2D eigenvalue weighted by molar-refractivity contribution is 5.91. The summed E-state index contributed by atoms with van der Waals surface area (Å²) in [5.41, 5.74) is 1.76. The zero-order chi connectivity index (χ0) is 25.4. The van der Waals surface area contributed by atoms with Gasteiger partial charge in [-0.15, -0.1) is 0 Å². The Morgan fingerprint density at radius 1 is 1.26 bits per heavy atom. The Kier molecular flexibility index (Phi) is 5.69. The number of hydrogen-bond donors (Lipinski definition) is 1. The van der Waals surface area contributed by atoms with Crippen LogP contribution in [-0.4, -0.2) is 29.4 Å². The molecule has 4 aliphatic carbocycles. The molecule has 0 aromatic rings. The Hall–Kier alpha value is -1.91. The van der Waals surface area contributed by atoms with Gasteiger partial charge in [-0.25, -0.2) is 4.79 Å². The minimum absolute atomic E-state index is 0.0116. The fraction of sp³-hybridized carbons (Fsp3) is 0.767. The van der Waals surface area contributed by atoms with E-state index in [1.54, 1.807) is 0 Å². The molecule has 192 valence electrons. The van der Waals surface area contributed by atoms with Crippen molar-refractivity contribution in [3.8, 4) is 0 Å². The van der Waals surface area contributed by atoms with Gasteiger partial charge in [-0.1, -0.05) is 33.4 Å². The number of aldehydes is 1. The van der Waals surface area contributed by atoms with Gasteiger partial charge in [0.2, 0.25) is 0 Å². The molecule has 0 bridgehead atoms. The van der Waals surface area contributed by atoms with Gasteiger partial charge in [-0.3, -0.25) is 9.59 Å². The van der Waals surface area contributed by atoms with Crippen molar-refractivity contribution >= 4 is 18.2 Å². The van der Waals surface area contributed by atoms with Crippen molar-refractivity contribution in [1.29, 1.82) is 0 Å². The van der Waals surface area contributed by atoms with Crippen LogP contribution >= 0.6 is 0 Å². The molecule has 4 saturated carbocycles. The third-order valence-corrected chi connectivity index (χ3v) is 12.2. The lowest BCUT2D eigenvalue weighted by atomic mass is 9.43. The molecule has 5 rings (SSSR count). The van der Waals surface area contributed by atoms with Gasteiger partial charge in [0.1, 0.15) is 12.4 Å². The summed E-state index contributed by atoms with van der Waals surface area (Å²) < 4.78 is 5.92. The van der Waals surface area contributed by atoms with Crippen LogP contribution in [0.2, 0.25) is 0 Å². The first-order chi connectivity index (χ1) is 16.5. The number of allylic oxidation sites excluding steroid dienone is 2. The number of carboxylic acids is 1. The first-order valence-corrected chi connectivity index (χ1v) is 13.7. The molecule has 5 heteroatoms. The van der Waals surface area contributed by atoms with E-state index in [0.717, 1.165) is 44.0 Å². The van der Waals surface area contributed by atoms with Crippen LogP contribution in [0.3, 0.4) is 0 Å². The van der Waals surface area contributed by atoms with E-state index in [-0.39, 0.29) is 46.1 Å². The molecular formula is C30H42O5. The molecule has 5 nitrogen and oxygen atoms in total. The molecule has 1 heterocycles. The predicted molar refractivity (Wildman–Crippen MR) is 133 cm³/mol. The molecule has 0 aromatic heterocycles.